The number of nitrogens with one attached hydrogen (secondary N) is 1. The Morgan fingerprint density at radius 3 is 2.88 bits per heavy atom. The van der Waals surface area contributed by atoms with Gasteiger partial charge in [-0.2, -0.15) is 0 Å². The van der Waals surface area contributed by atoms with Crippen molar-refractivity contribution in [3.8, 4) is 0 Å². The number of pyridine rings is 1. The zero-order valence-corrected chi connectivity index (χ0v) is 10.4. The molecule has 0 bridgehead atoms. The highest BCUT2D eigenvalue weighted by Gasteiger charge is 2.09. The molecule has 0 amide bonds. The van der Waals surface area contributed by atoms with Crippen molar-refractivity contribution in [3.63, 3.8) is 0 Å². The van der Waals surface area contributed by atoms with E-state index in [2.05, 4.69) is 20.9 Å². The lowest BCUT2D eigenvalue weighted by molar-refractivity contribution is 0.635. The second-order valence-corrected chi connectivity index (χ2v) is 4.54. The molecule has 2 aromatic rings. The number of hydrogen-bond acceptors (Lipinski definition) is 1. The lowest BCUT2D eigenvalue weighted by Crippen LogP contribution is -2.07. The van der Waals surface area contributed by atoms with E-state index < -0.39 is 5.82 Å². The fourth-order valence-corrected chi connectivity index (χ4v) is 2.27. The summed E-state index contributed by atoms with van der Waals surface area (Å²) in [6.07, 6.45) is 1.66. The fourth-order valence-electron chi connectivity index (χ4n) is 1.75. The summed E-state index contributed by atoms with van der Waals surface area (Å²) in [6, 6.07) is 4.43. The molecular weight excluding hydrogens is 273 g/mol. The molecule has 0 radical (unpaired) electrons. The van der Waals surface area contributed by atoms with Crippen LogP contribution in [0.5, 0.6) is 0 Å². The van der Waals surface area contributed by atoms with Gasteiger partial charge in [-0.15, -0.1) is 0 Å². The van der Waals surface area contributed by atoms with Crippen LogP contribution in [0, 0.1) is 5.82 Å². The Morgan fingerprint density at radius 2 is 2.19 bits per heavy atom. The number of aryl methyl sites for hydroxylation is 1. The Bertz CT molecular complexity index is 591. The fraction of sp³-hybridized carbons (Fsp3) is 0.250. The third kappa shape index (κ3) is 1.89. The predicted molar refractivity (Wildman–Crippen MR) is 66.2 cm³/mol. The topological polar surface area (TPSA) is 32.9 Å². The van der Waals surface area contributed by atoms with Gasteiger partial charge in [0.15, 0.2) is 5.43 Å². The zero-order valence-electron chi connectivity index (χ0n) is 8.81. The molecule has 4 heteroatoms. The first-order chi connectivity index (χ1) is 7.63. The van der Waals surface area contributed by atoms with Gasteiger partial charge in [-0.1, -0.05) is 13.3 Å². The van der Waals surface area contributed by atoms with Crippen LogP contribution in [0.3, 0.4) is 0 Å². The first kappa shape index (κ1) is 11.3. The quantitative estimate of drug-likeness (QED) is 0.901. The van der Waals surface area contributed by atoms with E-state index in [4.69, 9.17) is 0 Å². The smallest absolute Gasteiger partial charge is 0.190 e. The minimum absolute atomic E-state index is 0.149. The van der Waals surface area contributed by atoms with Crippen LogP contribution in [0.1, 0.15) is 19.0 Å². The van der Waals surface area contributed by atoms with Crippen molar-refractivity contribution < 1.29 is 4.39 Å². The summed E-state index contributed by atoms with van der Waals surface area (Å²) in [5.41, 5.74) is 0.908. The van der Waals surface area contributed by atoms with Gasteiger partial charge in [0.2, 0.25) is 0 Å². The summed E-state index contributed by atoms with van der Waals surface area (Å²) in [7, 11) is 0. The van der Waals surface area contributed by atoms with Crippen LogP contribution in [0.15, 0.2) is 27.5 Å². The van der Waals surface area contributed by atoms with E-state index in [0.29, 0.717) is 9.86 Å². The van der Waals surface area contributed by atoms with Crippen LogP contribution in [0.25, 0.3) is 10.9 Å². The van der Waals surface area contributed by atoms with Crippen LogP contribution in [-0.4, -0.2) is 4.98 Å². The standard InChI is InChI=1S/C12H11BrFNO/c1-2-3-7-6-10(16)11-8(13)4-5-9(14)12(11)15-7/h4-6H,2-3H2,1H3,(H,15,16). The molecule has 2 rings (SSSR count). The molecule has 1 aromatic carbocycles. The molecule has 0 saturated heterocycles. The molecule has 0 aliphatic rings. The van der Waals surface area contributed by atoms with Crippen molar-refractivity contribution in [3.05, 3.63) is 44.4 Å². The Hall–Kier alpha value is -1.16. The molecule has 0 saturated carbocycles. The van der Waals surface area contributed by atoms with E-state index >= 15 is 0 Å². The van der Waals surface area contributed by atoms with Gasteiger partial charge < -0.3 is 4.98 Å². The highest BCUT2D eigenvalue weighted by atomic mass is 79.9. The largest absolute Gasteiger partial charge is 0.356 e. The van der Waals surface area contributed by atoms with Gasteiger partial charge in [0.05, 0.1) is 10.9 Å². The molecular formula is C12H11BrFNO. The van der Waals surface area contributed by atoms with E-state index in [1.54, 1.807) is 6.07 Å². The maximum Gasteiger partial charge on any atom is 0.190 e. The number of halogens is 2. The molecule has 1 aromatic heterocycles. The number of fused-ring (bicyclic) bond motifs is 1. The molecule has 1 heterocycles. The van der Waals surface area contributed by atoms with Crippen LogP contribution in [0.2, 0.25) is 0 Å². The van der Waals surface area contributed by atoms with Crippen molar-refractivity contribution in [2.75, 3.05) is 0 Å². The SMILES string of the molecule is CCCc1cc(=O)c2c(Br)ccc(F)c2[nH]1. The lowest BCUT2D eigenvalue weighted by Gasteiger charge is -2.05. The average molecular weight is 284 g/mol. The van der Waals surface area contributed by atoms with E-state index in [9.17, 15) is 9.18 Å². The Balaban J connectivity index is 2.81. The van der Waals surface area contributed by atoms with Crippen molar-refractivity contribution in [1.82, 2.24) is 4.98 Å². The average Bonchev–Trinajstić information content (AvgIpc) is 2.23. The van der Waals surface area contributed by atoms with Gasteiger partial charge in [0.1, 0.15) is 5.82 Å². The van der Waals surface area contributed by atoms with E-state index in [0.717, 1.165) is 18.5 Å². The monoisotopic (exact) mass is 283 g/mol. The second kappa shape index (κ2) is 4.37. The summed E-state index contributed by atoms with van der Waals surface area (Å²) >= 11 is 3.26. The third-order valence-corrected chi connectivity index (χ3v) is 3.12. The molecule has 0 unspecified atom stereocenters. The Labute approximate surface area is 101 Å². The first-order valence-corrected chi connectivity index (χ1v) is 5.92. The van der Waals surface area contributed by atoms with Crippen molar-refractivity contribution >= 4 is 26.8 Å². The van der Waals surface area contributed by atoms with Gasteiger partial charge in [0, 0.05) is 16.2 Å². The zero-order chi connectivity index (χ0) is 11.7. The van der Waals surface area contributed by atoms with Gasteiger partial charge >= 0.3 is 0 Å². The minimum atomic E-state index is -0.395. The highest BCUT2D eigenvalue weighted by molar-refractivity contribution is 9.10. The lowest BCUT2D eigenvalue weighted by atomic mass is 10.1. The van der Waals surface area contributed by atoms with E-state index in [1.165, 1.54) is 12.1 Å². The third-order valence-electron chi connectivity index (χ3n) is 2.46. The predicted octanol–water partition coefficient (Wildman–Crippen LogP) is 3.38. The minimum Gasteiger partial charge on any atom is -0.356 e. The summed E-state index contributed by atoms with van der Waals surface area (Å²) in [5.74, 6) is -0.395. The van der Waals surface area contributed by atoms with E-state index in [-0.39, 0.29) is 10.9 Å². The maximum atomic E-state index is 13.6. The first-order valence-electron chi connectivity index (χ1n) is 5.13. The van der Waals surface area contributed by atoms with Crippen molar-refractivity contribution in [2.45, 2.75) is 19.8 Å². The normalized spacial score (nSPS) is 10.9. The molecule has 0 fully saturated rings. The molecule has 0 aliphatic carbocycles. The molecule has 84 valence electrons. The molecule has 1 N–H and O–H groups in total. The number of aromatic amines is 1. The van der Waals surface area contributed by atoms with Crippen LogP contribution in [0.4, 0.5) is 4.39 Å². The van der Waals surface area contributed by atoms with Crippen LogP contribution in [-0.2, 0) is 6.42 Å². The van der Waals surface area contributed by atoms with Gasteiger partial charge in [-0.3, -0.25) is 4.79 Å². The molecule has 0 aliphatic heterocycles. The summed E-state index contributed by atoms with van der Waals surface area (Å²) in [4.78, 5) is 14.8. The number of H-pyrrole nitrogens is 1. The van der Waals surface area contributed by atoms with Gasteiger partial charge in [0.25, 0.3) is 0 Å². The molecule has 0 atom stereocenters. The summed E-state index contributed by atoms with van der Waals surface area (Å²) in [6.45, 7) is 2.01. The summed E-state index contributed by atoms with van der Waals surface area (Å²) < 4.78 is 14.2. The molecule has 0 spiro atoms. The van der Waals surface area contributed by atoms with Crippen LogP contribution >= 0.6 is 15.9 Å². The van der Waals surface area contributed by atoms with Crippen LogP contribution < -0.4 is 5.43 Å². The van der Waals surface area contributed by atoms with Crippen molar-refractivity contribution in [2.24, 2.45) is 0 Å². The summed E-state index contributed by atoms with van der Waals surface area (Å²) in [5, 5.41) is 0.375. The number of hydrogen-bond donors (Lipinski definition) is 1. The van der Waals surface area contributed by atoms with Gasteiger partial charge in [-0.05, 0) is 34.5 Å². The molecule has 16 heavy (non-hydrogen) atoms. The highest BCUT2D eigenvalue weighted by Crippen LogP contribution is 2.22. The van der Waals surface area contributed by atoms with Crippen molar-refractivity contribution in [1.29, 1.82) is 0 Å². The van der Waals surface area contributed by atoms with E-state index in [1.807, 2.05) is 6.92 Å². The number of rotatable bonds is 2. The number of aromatic nitrogens is 1. The van der Waals surface area contributed by atoms with Gasteiger partial charge in [-0.25, -0.2) is 4.39 Å². The maximum absolute atomic E-state index is 13.6. The Morgan fingerprint density at radius 1 is 1.44 bits per heavy atom. The number of benzene rings is 1. The second-order valence-electron chi connectivity index (χ2n) is 3.69. The molecule has 2 nitrogen and oxygen atoms in total. The Kier molecular flexibility index (Phi) is 3.10.